The summed E-state index contributed by atoms with van der Waals surface area (Å²) in [6.07, 6.45) is 0. The molecule has 1 aromatic heterocycles. The van der Waals surface area contributed by atoms with Gasteiger partial charge in [-0.05, 0) is 32.0 Å². The van der Waals surface area contributed by atoms with Crippen LogP contribution >= 0.6 is 0 Å². The fourth-order valence-corrected chi connectivity index (χ4v) is 2.63. The van der Waals surface area contributed by atoms with Crippen molar-refractivity contribution < 1.29 is 9.90 Å². The number of nitrogen functional groups attached to an aromatic ring is 1. The van der Waals surface area contributed by atoms with Crippen LogP contribution in [0, 0.1) is 6.92 Å². The highest BCUT2D eigenvalue weighted by Crippen LogP contribution is 2.31. The van der Waals surface area contributed by atoms with Crippen LogP contribution in [-0.2, 0) is 4.79 Å². The lowest BCUT2D eigenvalue weighted by atomic mass is 10.1. The van der Waals surface area contributed by atoms with E-state index in [1.54, 1.807) is 17.6 Å². The van der Waals surface area contributed by atoms with E-state index in [9.17, 15) is 9.90 Å². The van der Waals surface area contributed by atoms with Gasteiger partial charge in [0.1, 0.15) is 17.4 Å². The van der Waals surface area contributed by atoms with E-state index < -0.39 is 12.0 Å². The quantitative estimate of drug-likeness (QED) is 0.727. The van der Waals surface area contributed by atoms with E-state index in [0.717, 1.165) is 16.6 Å². The number of para-hydroxylation sites is 1. The Bertz CT molecular complexity index is 867. The van der Waals surface area contributed by atoms with Gasteiger partial charge in [0.2, 0.25) is 0 Å². The van der Waals surface area contributed by atoms with Crippen molar-refractivity contribution in [3.8, 4) is 11.4 Å². The number of aliphatic carboxylic acids is 1. The van der Waals surface area contributed by atoms with E-state index in [4.69, 9.17) is 5.73 Å². The molecule has 0 radical (unpaired) electrons. The largest absolute Gasteiger partial charge is 0.480 e. The van der Waals surface area contributed by atoms with Crippen molar-refractivity contribution in [3.63, 3.8) is 0 Å². The van der Waals surface area contributed by atoms with Gasteiger partial charge in [-0.25, -0.2) is 9.78 Å². The molecule has 5 heteroatoms. The number of hydrogen-bond acceptors (Lipinski definition) is 3. The average Bonchev–Trinajstić information content (AvgIpc) is 2.87. The monoisotopic (exact) mass is 295 g/mol. The third-order valence-corrected chi connectivity index (χ3v) is 3.77. The molecule has 0 bridgehead atoms. The maximum atomic E-state index is 11.5. The second-order valence-electron chi connectivity index (χ2n) is 5.40. The minimum atomic E-state index is -0.907. The van der Waals surface area contributed by atoms with Crippen molar-refractivity contribution >= 4 is 22.7 Å². The summed E-state index contributed by atoms with van der Waals surface area (Å²) in [6, 6.07) is 12.5. The number of aromatic nitrogens is 2. The molecule has 1 unspecified atom stereocenters. The number of nitrogens with two attached hydrogens (primary N) is 1. The number of aryl methyl sites for hydroxylation is 1. The van der Waals surface area contributed by atoms with Gasteiger partial charge in [0.15, 0.2) is 0 Å². The van der Waals surface area contributed by atoms with Crippen LogP contribution in [0.3, 0.4) is 0 Å². The summed E-state index contributed by atoms with van der Waals surface area (Å²) >= 11 is 0. The second-order valence-corrected chi connectivity index (χ2v) is 5.40. The van der Waals surface area contributed by atoms with Gasteiger partial charge in [-0.2, -0.15) is 0 Å². The van der Waals surface area contributed by atoms with Crippen molar-refractivity contribution in [2.75, 3.05) is 5.73 Å². The molecule has 0 aliphatic rings. The molecule has 2 aromatic carbocycles. The fourth-order valence-electron chi connectivity index (χ4n) is 2.63. The van der Waals surface area contributed by atoms with Gasteiger partial charge in [0.05, 0.1) is 11.2 Å². The number of rotatable bonds is 3. The number of carbonyl (C=O) groups is 1. The minimum absolute atomic E-state index is 0.544. The predicted molar refractivity (Wildman–Crippen MR) is 86.7 cm³/mol. The molecule has 0 saturated heterocycles. The van der Waals surface area contributed by atoms with Gasteiger partial charge in [-0.1, -0.05) is 29.8 Å². The van der Waals surface area contributed by atoms with Crippen LogP contribution in [0.5, 0.6) is 0 Å². The Morgan fingerprint density at radius 2 is 2.00 bits per heavy atom. The van der Waals surface area contributed by atoms with Crippen LogP contribution < -0.4 is 5.73 Å². The number of anilines is 1. The van der Waals surface area contributed by atoms with Crippen LogP contribution in [-0.4, -0.2) is 20.6 Å². The Morgan fingerprint density at radius 3 is 2.68 bits per heavy atom. The molecule has 1 atom stereocenters. The van der Waals surface area contributed by atoms with E-state index in [0.29, 0.717) is 17.0 Å². The van der Waals surface area contributed by atoms with Crippen molar-refractivity contribution in [3.05, 3.63) is 48.0 Å². The van der Waals surface area contributed by atoms with Crippen LogP contribution in [0.25, 0.3) is 22.4 Å². The topological polar surface area (TPSA) is 81.1 Å². The first-order chi connectivity index (χ1) is 10.5. The molecule has 1 heterocycles. The molecule has 3 aromatic rings. The lowest BCUT2D eigenvalue weighted by Gasteiger charge is -2.14. The second kappa shape index (κ2) is 5.18. The number of benzene rings is 2. The van der Waals surface area contributed by atoms with Gasteiger partial charge >= 0.3 is 5.97 Å². The molecule has 5 nitrogen and oxygen atoms in total. The molecule has 0 saturated carbocycles. The SMILES string of the molecule is Cc1cccc(-c2nc3c(N)cccc3n2C(C)C(=O)O)c1. The first-order valence-electron chi connectivity index (χ1n) is 7.05. The molecular weight excluding hydrogens is 278 g/mol. The zero-order valence-electron chi connectivity index (χ0n) is 12.4. The minimum Gasteiger partial charge on any atom is -0.480 e. The van der Waals surface area contributed by atoms with E-state index in [2.05, 4.69) is 4.98 Å². The standard InChI is InChI=1S/C17H17N3O2/c1-10-5-3-6-12(9-10)16-19-15-13(18)7-4-8-14(15)20(16)11(2)17(21)22/h3-9,11H,18H2,1-2H3,(H,21,22). The zero-order chi connectivity index (χ0) is 15.9. The molecule has 22 heavy (non-hydrogen) atoms. The Labute approximate surface area is 128 Å². The van der Waals surface area contributed by atoms with Crippen molar-refractivity contribution in [1.82, 2.24) is 9.55 Å². The van der Waals surface area contributed by atoms with Crippen LogP contribution in [0.2, 0.25) is 0 Å². The van der Waals surface area contributed by atoms with Crippen molar-refractivity contribution in [1.29, 1.82) is 0 Å². The number of carboxylic acids is 1. The Balaban J connectivity index is 2.36. The normalized spacial score (nSPS) is 12.5. The van der Waals surface area contributed by atoms with Crippen LogP contribution in [0.4, 0.5) is 5.69 Å². The molecule has 112 valence electrons. The molecule has 0 spiro atoms. The van der Waals surface area contributed by atoms with Gasteiger partial charge in [0.25, 0.3) is 0 Å². The van der Waals surface area contributed by atoms with Gasteiger partial charge < -0.3 is 15.4 Å². The molecule has 0 aliphatic carbocycles. The first-order valence-corrected chi connectivity index (χ1v) is 7.05. The van der Waals surface area contributed by atoms with Gasteiger partial charge in [0, 0.05) is 5.56 Å². The summed E-state index contributed by atoms with van der Waals surface area (Å²) in [5.74, 6) is -0.290. The summed E-state index contributed by atoms with van der Waals surface area (Å²) in [5.41, 5.74) is 9.87. The summed E-state index contributed by atoms with van der Waals surface area (Å²) in [6.45, 7) is 3.64. The highest BCUT2D eigenvalue weighted by Gasteiger charge is 2.22. The number of fused-ring (bicyclic) bond motifs is 1. The zero-order valence-corrected chi connectivity index (χ0v) is 12.4. The smallest absolute Gasteiger partial charge is 0.326 e. The van der Waals surface area contributed by atoms with Crippen molar-refractivity contribution in [2.45, 2.75) is 19.9 Å². The van der Waals surface area contributed by atoms with E-state index in [-0.39, 0.29) is 0 Å². The maximum Gasteiger partial charge on any atom is 0.326 e. The lowest BCUT2D eigenvalue weighted by Crippen LogP contribution is -2.16. The molecule has 0 aliphatic heterocycles. The fraction of sp³-hybridized carbons (Fsp3) is 0.176. The van der Waals surface area contributed by atoms with Crippen LogP contribution in [0.15, 0.2) is 42.5 Å². The lowest BCUT2D eigenvalue weighted by molar-refractivity contribution is -0.140. The summed E-state index contributed by atoms with van der Waals surface area (Å²) in [4.78, 5) is 16.1. The van der Waals surface area contributed by atoms with E-state index in [1.165, 1.54) is 0 Å². The molecule has 0 amide bonds. The predicted octanol–water partition coefficient (Wildman–Crippen LogP) is 3.24. The third-order valence-electron chi connectivity index (χ3n) is 3.77. The third kappa shape index (κ3) is 2.20. The molecule has 0 fully saturated rings. The van der Waals surface area contributed by atoms with E-state index in [1.807, 2.05) is 43.3 Å². The maximum absolute atomic E-state index is 11.5. The Kier molecular flexibility index (Phi) is 3.33. The number of hydrogen-bond donors (Lipinski definition) is 2. The Morgan fingerprint density at radius 1 is 1.27 bits per heavy atom. The Hall–Kier alpha value is -2.82. The summed E-state index contributed by atoms with van der Waals surface area (Å²) in [5, 5.41) is 9.43. The van der Waals surface area contributed by atoms with Gasteiger partial charge in [-0.3, -0.25) is 0 Å². The highest BCUT2D eigenvalue weighted by atomic mass is 16.4. The van der Waals surface area contributed by atoms with Crippen LogP contribution in [0.1, 0.15) is 18.5 Å². The molecule has 3 rings (SSSR count). The molecular formula is C17H17N3O2. The van der Waals surface area contributed by atoms with Gasteiger partial charge in [-0.15, -0.1) is 0 Å². The van der Waals surface area contributed by atoms with Crippen molar-refractivity contribution in [2.24, 2.45) is 0 Å². The van der Waals surface area contributed by atoms with E-state index >= 15 is 0 Å². The molecule has 3 N–H and O–H groups in total. The number of nitrogens with zero attached hydrogens (tertiary/aromatic N) is 2. The summed E-state index contributed by atoms with van der Waals surface area (Å²) in [7, 11) is 0. The average molecular weight is 295 g/mol. The first kappa shape index (κ1) is 14.1. The number of imidazole rings is 1. The highest BCUT2D eigenvalue weighted by molar-refractivity contribution is 5.91. The number of carboxylic acid groups (broad SMARTS) is 1. The summed E-state index contributed by atoms with van der Waals surface area (Å²) < 4.78 is 1.72.